The maximum Gasteiger partial charge on any atom is 0.175 e. The molecule has 0 amide bonds. The van der Waals surface area contributed by atoms with E-state index >= 15 is 0 Å². The van der Waals surface area contributed by atoms with Crippen LogP contribution in [0.2, 0.25) is 5.02 Å². The summed E-state index contributed by atoms with van der Waals surface area (Å²) < 4.78 is 25.9. The average molecular weight is 467 g/mol. The number of anilines is 1. The molecule has 0 bridgehead atoms. The first-order chi connectivity index (χ1) is 13.5. The Morgan fingerprint density at radius 2 is 1.89 bits per heavy atom. The van der Waals surface area contributed by atoms with Gasteiger partial charge in [0.05, 0.1) is 16.6 Å². The van der Waals surface area contributed by atoms with Gasteiger partial charge in [-0.15, -0.1) is 0 Å². The second-order valence-electron chi connectivity index (χ2n) is 6.00. The summed E-state index contributed by atoms with van der Waals surface area (Å²) >= 11 is 9.55. The molecule has 0 spiro atoms. The molecule has 3 aromatic carbocycles. The van der Waals surface area contributed by atoms with Gasteiger partial charge in [0.15, 0.2) is 11.5 Å². The van der Waals surface area contributed by atoms with Crippen molar-refractivity contribution in [2.45, 2.75) is 13.2 Å². The minimum atomic E-state index is -0.419. The quantitative estimate of drug-likeness (QED) is 0.410. The lowest BCUT2D eigenvalue weighted by Crippen LogP contribution is -2.04. The first kappa shape index (κ1) is 20.3. The summed E-state index contributed by atoms with van der Waals surface area (Å²) in [4.78, 5) is 0. The molecule has 0 heterocycles. The molecule has 0 unspecified atom stereocenters. The van der Waals surface area contributed by atoms with Crippen LogP contribution in [0.1, 0.15) is 11.1 Å². The third-order valence-corrected chi connectivity index (χ3v) is 5.02. The SMILES string of the molecule is COc1cc(CNc2ccc(O)cc2)cc(Br)c1OCc1c(F)cccc1Cl. The van der Waals surface area contributed by atoms with Gasteiger partial charge in [-0.1, -0.05) is 17.7 Å². The van der Waals surface area contributed by atoms with Crippen molar-refractivity contribution in [2.75, 3.05) is 12.4 Å². The lowest BCUT2D eigenvalue weighted by atomic mass is 10.2. The van der Waals surface area contributed by atoms with Gasteiger partial charge in [0.1, 0.15) is 18.2 Å². The normalized spacial score (nSPS) is 10.6. The largest absolute Gasteiger partial charge is 0.508 e. The van der Waals surface area contributed by atoms with Gasteiger partial charge in [-0.2, -0.15) is 0 Å². The van der Waals surface area contributed by atoms with Crippen LogP contribution >= 0.6 is 27.5 Å². The number of ether oxygens (including phenoxy) is 2. The van der Waals surface area contributed by atoms with Gasteiger partial charge < -0.3 is 19.9 Å². The molecule has 2 N–H and O–H groups in total. The highest BCUT2D eigenvalue weighted by atomic mass is 79.9. The van der Waals surface area contributed by atoms with Gasteiger partial charge in [-0.25, -0.2) is 4.39 Å². The van der Waals surface area contributed by atoms with Crippen molar-refractivity contribution in [3.8, 4) is 17.2 Å². The van der Waals surface area contributed by atoms with Crippen molar-refractivity contribution in [2.24, 2.45) is 0 Å². The Bertz CT molecular complexity index is 946. The predicted octanol–water partition coefficient (Wildman–Crippen LogP) is 6.15. The zero-order valence-corrected chi connectivity index (χ0v) is 17.3. The number of benzene rings is 3. The number of methoxy groups -OCH3 is 1. The third-order valence-electron chi connectivity index (χ3n) is 4.08. The van der Waals surface area contributed by atoms with Crippen molar-refractivity contribution in [1.29, 1.82) is 0 Å². The Balaban J connectivity index is 1.74. The lowest BCUT2D eigenvalue weighted by molar-refractivity contribution is 0.278. The number of aromatic hydroxyl groups is 1. The van der Waals surface area contributed by atoms with Gasteiger partial charge >= 0.3 is 0 Å². The van der Waals surface area contributed by atoms with E-state index in [9.17, 15) is 9.50 Å². The van der Waals surface area contributed by atoms with Crippen LogP contribution in [0.5, 0.6) is 17.2 Å². The van der Waals surface area contributed by atoms with E-state index in [0.717, 1.165) is 11.3 Å². The highest BCUT2D eigenvalue weighted by Crippen LogP contribution is 2.38. The topological polar surface area (TPSA) is 50.7 Å². The Morgan fingerprint density at radius 1 is 1.14 bits per heavy atom. The summed E-state index contributed by atoms with van der Waals surface area (Å²) in [7, 11) is 1.54. The molecular weight excluding hydrogens is 449 g/mol. The van der Waals surface area contributed by atoms with Crippen LogP contribution in [-0.4, -0.2) is 12.2 Å². The summed E-state index contributed by atoms with van der Waals surface area (Å²) in [6.45, 7) is 0.519. The molecule has 7 heteroatoms. The summed E-state index contributed by atoms with van der Waals surface area (Å²) in [5, 5.41) is 12.9. The van der Waals surface area contributed by atoms with Crippen molar-refractivity contribution < 1.29 is 19.0 Å². The smallest absolute Gasteiger partial charge is 0.175 e. The summed E-state index contributed by atoms with van der Waals surface area (Å²) in [6, 6.07) is 15.1. The van der Waals surface area contributed by atoms with E-state index in [1.165, 1.54) is 6.07 Å². The number of hydrogen-bond donors (Lipinski definition) is 2. The van der Waals surface area contributed by atoms with Crippen molar-refractivity contribution in [3.05, 3.63) is 81.0 Å². The van der Waals surface area contributed by atoms with E-state index in [1.54, 1.807) is 43.5 Å². The van der Waals surface area contributed by atoms with Crippen LogP contribution in [0.4, 0.5) is 10.1 Å². The van der Waals surface area contributed by atoms with Gasteiger partial charge in [0, 0.05) is 17.8 Å². The lowest BCUT2D eigenvalue weighted by Gasteiger charge is -2.16. The van der Waals surface area contributed by atoms with Crippen LogP contribution in [0.25, 0.3) is 0 Å². The Kier molecular flexibility index (Phi) is 6.65. The molecule has 0 saturated carbocycles. The minimum absolute atomic E-state index is 0.0223. The first-order valence-electron chi connectivity index (χ1n) is 8.43. The van der Waals surface area contributed by atoms with E-state index in [0.29, 0.717) is 27.5 Å². The average Bonchev–Trinajstić information content (AvgIpc) is 2.68. The van der Waals surface area contributed by atoms with E-state index < -0.39 is 5.82 Å². The fourth-order valence-corrected chi connectivity index (χ4v) is 3.43. The summed E-state index contributed by atoms with van der Waals surface area (Å²) in [5.74, 6) is 0.781. The second-order valence-corrected chi connectivity index (χ2v) is 7.26. The van der Waals surface area contributed by atoms with Gasteiger partial charge in [-0.05, 0) is 70.0 Å². The molecule has 4 nitrogen and oxygen atoms in total. The maximum atomic E-state index is 14.0. The van der Waals surface area contributed by atoms with E-state index in [-0.39, 0.29) is 17.9 Å². The maximum absolute atomic E-state index is 14.0. The standard InChI is InChI=1S/C21H18BrClFNO3/c1-27-20-10-13(11-25-14-5-7-15(26)8-6-14)9-17(22)21(20)28-12-16-18(23)3-2-4-19(16)24/h2-10,25-26H,11-12H2,1H3. The number of phenolic OH excluding ortho intramolecular Hbond substituents is 1. The summed E-state index contributed by atoms with van der Waals surface area (Å²) in [6.07, 6.45) is 0. The van der Waals surface area contributed by atoms with E-state index in [1.807, 2.05) is 12.1 Å². The molecule has 0 saturated heterocycles. The molecule has 28 heavy (non-hydrogen) atoms. The Hall–Kier alpha value is -2.44. The number of rotatable bonds is 7. The van der Waals surface area contributed by atoms with Crippen LogP contribution in [0, 0.1) is 5.82 Å². The van der Waals surface area contributed by atoms with E-state index in [2.05, 4.69) is 21.2 Å². The molecule has 3 rings (SSSR count). The fraction of sp³-hybridized carbons (Fsp3) is 0.143. The number of phenols is 1. The van der Waals surface area contributed by atoms with Crippen molar-refractivity contribution >= 4 is 33.2 Å². The zero-order valence-electron chi connectivity index (χ0n) is 15.0. The van der Waals surface area contributed by atoms with E-state index in [4.69, 9.17) is 21.1 Å². The van der Waals surface area contributed by atoms with Gasteiger partial charge in [0.25, 0.3) is 0 Å². The van der Waals surface area contributed by atoms with Crippen LogP contribution in [0.3, 0.4) is 0 Å². The minimum Gasteiger partial charge on any atom is -0.508 e. The molecule has 0 aliphatic rings. The Labute approximate surface area is 176 Å². The molecule has 0 aromatic heterocycles. The molecule has 0 radical (unpaired) electrons. The third kappa shape index (κ3) is 4.88. The van der Waals surface area contributed by atoms with Crippen LogP contribution < -0.4 is 14.8 Å². The van der Waals surface area contributed by atoms with Crippen LogP contribution in [0.15, 0.2) is 59.1 Å². The monoisotopic (exact) mass is 465 g/mol. The van der Waals surface area contributed by atoms with Gasteiger partial charge in [-0.3, -0.25) is 0 Å². The number of nitrogens with one attached hydrogen (secondary N) is 1. The molecule has 146 valence electrons. The number of halogens is 3. The predicted molar refractivity (Wildman–Crippen MR) is 112 cm³/mol. The van der Waals surface area contributed by atoms with Gasteiger partial charge in [0.2, 0.25) is 0 Å². The molecule has 0 aliphatic heterocycles. The molecule has 0 atom stereocenters. The molecular formula is C21H18BrClFNO3. The van der Waals surface area contributed by atoms with Crippen LogP contribution in [-0.2, 0) is 13.2 Å². The molecule has 0 fully saturated rings. The molecule has 3 aromatic rings. The first-order valence-corrected chi connectivity index (χ1v) is 9.60. The second kappa shape index (κ2) is 9.17. The fourth-order valence-electron chi connectivity index (χ4n) is 2.61. The number of hydrogen-bond acceptors (Lipinski definition) is 4. The zero-order chi connectivity index (χ0) is 20.1. The van der Waals surface area contributed by atoms with Crippen molar-refractivity contribution in [3.63, 3.8) is 0 Å². The highest BCUT2D eigenvalue weighted by molar-refractivity contribution is 9.10. The molecule has 0 aliphatic carbocycles. The highest BCUT2D eigenvalue weighted by Gasteiger charge is 2.14. The summed E-state index contributed by atoms with van der Waals surface area (Å²) in [5.41, 5.74) is 2.12. The Morgan fingerprint density at radius 3 is 2.57 bits per heavy atom. The van der Waals surface area contributed by atoms with Crippen molar-refractivity contribution in [1.82, 2.24) is 0 Å².